The molecule has 2 aliphatic rings. The molecule has 1 aliphatic heterocycles. The molecule has 4 heteroatoms. The van der Waals surface area contributed by atoms with Gasteiger partial charge in [-0.1, -0.05) is 116 Å². The molecule has 1 aliphatic carbocycles. The highest BCUT2D eigenvalue weighted by Gasteiger charge is 2.28. The number of rotatable bonds is 10. The molecule has 4 nitrogen and oxygen atoms in total. The first-order valence-corrected chi connectivity index (χ1v) is 16.7. The molecule has 1 amide bonds. The molecule has 0 aromatic heterocycles. The number of hydrogen-bond acceptors (Lipinski definition) is 3. The predicted octanol–water partition coefficient (Wildman–Crippen LogP) is 8.31. The maximum atomic E-state index is 14.2. The quantitative estimate of drug-likeness (QED) is 0.187. The molecular weight excluding hydrogens is 538 g/mol. The summed E-state index contributed by atoms with van der Waals surface area (Å²) in [6.07, 6.45) is 7.02. The minimum absolute atomic E-state index is 0.187. The molecule has 2 fully saturated rings. The monoisotopic (exact) mass is 585 g/mol. The fourth-order valence-electron chi connectivity index (χ4n) is 7.17. The Morgan fingerprint density at radius 2 is 1.34 bits per heavy atom. The van der Waals surface area contributed by atoms with Crippen LogP contribution in [0.2, 0.25) is 0 Å². The Hall–Kier alpha value is -3.89. The lowest BCUT2D eigenvalue weighted by atomic mass is 9.88. The highest BCUT2D eigenvalue weighted by Crippen LogP contribution is 2.30. The van der Waals surface area contributed by atoms with Crippen molar-refractivity contribution in [2.45, 2.75) is 64.0 Å². The van der Waals surface area contributed by atoms with Crippen molar-refractivity contribution >= 4 is 11.6 Å². The van der Waals surface area contributed by atoms with E-state index in [1.54, 1.807) is 0 Å². The largest absolute Gasteiger partial charge is 0.369 e. The third kappa shape index (κ3) is 7.42. The molecule has 1 saturated heterocycles. The van der Waals surface area contributed by atoms with Crippen LogP contribution in [-0.2, 0) is 6.54 Å². The summed E-state index contributed by atoms with van der Waals surface area (Å²) in [5.74, 6) is 0.593. The zero-order chi connectivity index (χ0) is 30.1. The SMILES string of the molecule is Cc1ccc(N2CCN(CCC(c3ccccc3)c3ccccc3)CC2)cc1C(=O)N(Cc1ccccc1)C1CCCCC1. The predicted molar refractivity (Wildman–Crippen MR) is 182 cm³/mol. The van der Waals surface area contributed by atoms with Crippen molar-refractivity contribution in [2.24, 2.45) is 0 Å². The van der Waals surface area contributed by atoms with E-state index in [1.165, 1.54) is 41.6 Å². The molecule has 0 spiro atoms. The molecule has 0 radical (unpaired) electrons. The number of piperazine rings is 1. The maximum absolute atomic E-state index is 14.2. The van der Waals surface area contributed by atoms with Crippen molar-refractivity contribution in [2.75, 3.05) is 37.6 Å². The molecule has 6 rings (SSSR count). The minimum atomic E-state index is 0.187. The normalized spacial score (nSPS) is 16.3. The Bertz CT molecular complexity index is 1420. The third-order valence-electron chi connectivity index (χ3n) is 9.80. The summed E-state index contributed by atoms with van der Waals surface area (Å²) in [6.45, 7) is 7.88. The number of hydrogen-bond donors (Lipinski definition) is 0. The van der Waals surface area contributed by atoms with Gasteiger partial charge in [-0.25, -0.2) is 0 Å². The van der Waals surface area contributed by atoms with Crippen LogP contribution in [0.3, 0.4) is 0 Å². The fraction of sp³-hybridized carbons (Fsp3) is 0.375. The summed E-state index contributed by atoms with van der Waals surface area (Å²) in [5, 5.41) is 0. The van der Waals surface area contributed by atoms with Gasteiger partial charge in [0.1, 0.15) is 0 Å². The van der Waals surface area contributed by atoms with Gasteiger partial charge in [0.15, 0.2) is 0 Å². The van der Waals surface area contributed by atoms with Gasteiger partial charge in [-0.15, -0.1) is 0 Å². The number of carbonyl (C=O) groups excluding carboxylic acids is 1. The number of carbonyl (C=O) groups is 1. The zero-order valence-electron chi connectivity index (χ0n) is 26.3. The van der Waals surface area contributed by atoms with E-state index in [0.29, 0.717) is 18.5 Å². The van der Waals surface area contributed by atoms with Gasteiger partial charge in [0, 0.05) is 55.9 Å². The second kappa shape index (κ2) is 14.7. The van der Waals surface area contributed by atoms with E-state index >= 15 is 0 Å². The number of aryl methyl sites for hydroxylation is 1. The smallest absolute Gasteiger partial charge is 0.254 e. The van der Waals surface area contributed by atoms with E-state index in [0.717, 1.165) is 63.1 Å². The summed E-state index contributed by atoms with van der Waals surface area (Å²) in [7, 11) is 0. The first-order chi connectivity index (χ1) is 21.7. The summed E-state index contributed by atoms with van der Waals surface area (Å²) >= 11 is 0. The summed E-state index contributed by atoms with van der Waals surface area (Å²) in [6, 6.07) is 39.2. The first-order valence-electron chi connectivity index (χ1n) is 16.7. The highest BCUT2D eigenvalue weighted by atomic mass is 16.2. The topological polar surface area (TPSA) is 26.8 Å². The Balaban J connectivity index is 1.12. The Labute approximate surface area is 264 Å². The molecule has 1 saturated carbocycles. The lowest BCUT2D eigenvalue weighted by Gasteiger charge is -2.37. The molecule has 1 heterocycles. The van der Waals surface area contributed by atoms with E-state index in [-0.39, 0.29) is 5.91 Å². The van der Waals surface area contributed by atoms with Crippen molar-refractivity contribution in [1.29, 1.82) is 0 Å². The summed E-state index contributed by atoms with van der Waals surface area (Å²) in [4.78, 5) is 21.5. The van der Waals surface area contributed by atoms with Crippen LogP contribution in [0.1, 0.15) is 77.1 Å². The summed E-state index contributed by atoms with van der Waals surface area (Å²) < 4.78 is 0. The maximum Gasteiger partial charge on any atom is 0.254 e. The zero-order valence-corrected chi connectivity index (χ0v) is 26.3. The van der Waals surface area contributed by atoms with Crippen LogP contribution in [-0.4, -0.2) is 54.5 Å². The van der Waals surface area contributed by atoms with Crippen molar-refractivity contribution in [3.05, 3.63) is 137 Å². The van der Waals surface area contributed by atoms with Crippen LogP contribution in [0.4, 0.5) is 5.69 Å². The molecule has 0 unspecified atom stereocenters. The van der Waals surface area contributed by atoms with Gasteiger partial charge in [-0.05, 0) is 67.1 Å². The molecule has 4 aromatic rings. The van der Waals surface area contributed by atoms with Gasteiger partial charge in [0.05, 0.1) is 0 Å². The first kappa shape index (κ1) is 30.1. The average Bonchev–Trinajstić information content (AvgIpc) is 3.09. The van der Waals surface area contributed by atoms with Crippen LogP contribution in [0.25, 0.3) is 0 Å². The molecule has 4 aromatic carbocycles. The Morgan fingerprint density at radius 3 is 1.95 bits per heavy atom. The summed E-state index contributed by atoms with van der Waals surface area (Å²) in [5.41, 5.74) is 7.10. The van der Waals surface area contributed by atoms with Gasteiger partial charge >= 0.3 is 0 Å². The highest BCUT2D eigenvalue weighted by molar-refractivity contribution is 5.97. The Morgan fingerprint density at radius 1 is 0.750 bits per heavy atom. The van der Waals surface area contributed by atoms with E-state index in [4.69, 9.17) is 0 Å². The van der Waals surface area contributed by atoms with Gasteiger partial charge in [-0.3, -0.25) is 9.69 Å². The van der Waals surface area contributed by atoms with Crippen LogP contribution in [0, 0.1) is 6.92 Å². The Kier molecular flexibility index (Phi) is 10.1. The van der Waals surface area contributed by atoms with Crippen LogP contribution < -0.4 is 4.90 Å². The van der Waals surface area contributed by atoms with E-state index < -0.39 is 0 Å². The molecule has 228 valence electrons. The molecule has 0 N–H and O–H groups in total. The second-order valence-electron chi connectivity index (χ2n) is 12.7. The van der Waals surface area contributed by atoms with Crippen molar-refractivity contribution in [3.63, 3.8) is 0 Å². The van der Waals surface area contributed by atoms with Gasteiger partial charge < -0.3 is 9.80 Å². The molecule has 0 bridgehead atoms. The van der Waals surface area contributed by atoms with Crippen LogP contribution >= 0.6 is 0 Å². The van der Waals surface area contributed by atoms with Crippen molar-refractivity contribution < 1.29 is 4.79 Å². The molecule has 44 heavy (non-hydrogen) atoms. The van der Waals surface area contributed by atoms with E-state index in [1.807, 2.05) is 0 Å². The standard InChI is InChI=1S/C40H47N3O/c1-32-22-23-37(30-39(32)40(44)43(36-20-12-5-13-21-36)31-33-14-6-2-7-15-33)42-28-26-41(27-29-42)25-24-38(34-16-8-3-9-17-34)35-18-10-4-11-19-35/h2-4,6-11,14-19,22-23,30,36,38H,5,12-13,20-21,24-29,31H2,1H3. The second-order valence-corrected chi connectivity index (χ2v) is 12.7. The minimum Gasteiger partial charge on any atom is -0.369 e. The number of benzene rings is 4. The van der Waals surface area contributed by atoms with E-state index in [9.17, 15) is 4.79 Å². The lowest BCUT2D eigenvalue weighted by molar-refractivity contribution is 0.0613. The van der Waals surface area contributed by atoms with Gasteiger partial charge in [0.2, 0.25) is 0 Å². The molecule has 0 atom stereocenters. The van der Waals surface area contributed by atoms with E-state index in [2.05, 4.69) is 131 Å². The van der Waals surface area contributed by atoms with Crippen LogP contribution in [0.15, 0.2) is 109 Å². The number of amides is 1. The van der Waals surface area contributed by atoms with Crippen molar-refractivity contribution in [1.82, 2.24) is 9.80 Å². The average molecular weight is 586 g/mol. The third-order valence-corrected chi connectivity index (χ3v) is 9.80. The van der Waals surface area contributed by atoms with Gasteiger partial charge in [0.25, 0.3) is 5.91 Å². The lowest BCUT2D eigenvalue weighted by Crippen LogP contribution is -2.47. The van der Waals surface area contributed by atoms with Gasteiger partial charge in [-0.2, -0.15) is 0 Å². The molecular formula is C40H47N3O. The number of anilines is 1. The fourth-order valence-corrected chi connectivity index (χ4v) is 7.17. The van der Waals surface area contributed by atoms with Crippen LogP contribution in [0.5, 0.6) is 0 Å². The van der Waals surface area contributed by atoms with Crippen molar-refractivity contribution in [3.8, 4) is 0 Å². The number of nitrogens with zero attached hydrogens (tertiary/aromatic N) is 3.